The summed E-state index contributed by atoms with van der Waals surface area (Å²) in [6.07, 6.45) is 0. The standard InChI is InChI=1S/C30H32ClN5O3.ClH/c1-30(2,3)29(38)33-16-18-9-12-24(31)23(14-18)28(37)34-21-10-11-22-25(15-21)35-26(36-27(22)32-4)20-8-6-7-19(13-20)17-39-5;/h6-15H,16-17H2,1-5H3,(H,33,38)(H,34,37)(H,32,35,36);1H. The Morgan fingerprint density at radius 3 is 2.45 bits per heavy atom. The molecule has 0 bridgehead atoms. The molecule has 0 spiro atoms. The van der Waals surface area contributed by atoms with Crippen LogP contribution < -0.4 is 16.0 Å². The van der Waals surface area contributed by atoms with Crippen LogP contribution in [0.25, 0.3) is 22.3 Å². The van der Waals surface area contributed by atoms with E-state index >= 15 is 0 Å². The summed E-state index contributed by atoms with van der Waals surface area (Å²) in [5.41, 5.74) is 3.69. The molecule has 4 aromatic rings. The zero-order valence-corrected chi connectivity index (χ0v) is 24.7. The highest BCUT2D eigenvalue weighted by Gasteiger charge is 2.21. The second-order valence-corrected chi connectivity index (χ2v) is 10.6. The van der Waals surface area contributed by atoms with Crippen LogP contribution in [0.5, 0.6) is 0 Å². The van der Waals surface area contributed by atoms with Crippen molar-refractivity contribution in [2.24, 2.45) is 5.41 Å². The van der Waals surface area contributed by atoms with Gasteiger partial charge in [-0.1, -0.05) is 56.6 Å². The molecule has 0 saturated carbocycles. The molecule has 40 heavy (non-hydrogen) atoms. The van der Waals surface area contributed by atoms with Gasteiger partial charge in [-0.05, 0) is 47.5 Å². The number of nitrogens with zero attached hydrogens (tertiary/aromatic N) is 2. The van der Waals surface area contributed by atoms with E-state index in [2.05, 4.69) is 16.0 Å². The number of anilines is 2. The SMILES string of the molecule is CNc1nc(-c2cccc(COC)c2)nc2cc(NC(=O)c3cc(CNC(=O)C(C)(C)C)ccc3Cl)ccc12.Cl. The number of amides is 2. The van der Waals surface area contributed by atoms with Gasteiger partial charge >= 0.3 is 0 Å². The smallest absolute Gasteiger partial charge is 0.257 e. The molecular weight excluding hydrogens is 549 g/mol. The fraction of sp³-hybridized carbons (Fsp3) is 0.267. The predicted octanol–water partition coefficient (Wildman–Crippen LogP) is 6.47. The largest absolute Gasteiger partial charge is 0.380 e. The van der Waals surface area contributed by atoms with Crippen LogP contribution in [0, 0.1) is 5.41 Å². The van der Waals surface area contributed by atoms with Gasteiger partial charge in [0, 0.05) is 42.8 Å². The Morgan fingerprint density at radius 2 is 1.75 bits per heavy atom. The van der Waals surface area contributed by atoms with Crippen molar-refractivity contribution < 1.29 is 14.3 Å². The Hall–Kier alpha value is -3.72. The van der Waals surface area contributed by atoms with Gasteiger partial charge in [0.25, 0.3) is 5.91 Å². The maximum absolute atomic E-state index is 13.2. The number of nitrogens with one attached hydrogen (secondary N) is 3. The third kappa shape index (κ3) is 7.27. The summed E-state index contributed by atoms with van der Waals surface area (Å²) in [5.74, 6) is 0.797. The van der Waals surface area contributed by atoms with Crippen molar-refractivity contribution in [1.29, 1.82) is 0 Å². The predicted molar refractivity (Wildman–Crippen MR) is 163 cm³/mol. The van der Waals surface area contributed by atoms with Crippen LogP contribution in [0.1, 0.15) is 42.3 Å². The van der Waals surface area contributed by atoms with Gasteiger partial charge in [0.2, 0.25) is 5.91 Å². The molecule has 0 aliphatic carbocycles. The third-order valence-electron chi connectivity index (χ3n) is 6.10. The minimum atomic E-state index is -0.508. The highest BCUT2D eigenvalue weighted by Crippen LogP contribution is 2.28. The summed E-state index contributed by atoms with van der Waals surface area (Å²) in [4.78, 5) is 34.9. The van der Waals surface area contributed by atoms with Crippen LogP contribution in [0.2, 0.25) is 5.02 Å². The fourth-order valence-electron chi connectivity index (χ4n) is 4.00. The topological polar surface area (TPSA) is 105 Å². The van der Waals surface area contributed by atoms with Crippen molar-refractivity contribution in [2.45, 2.75) is 33.9 Å². The highest BCUT2D eigenvalue weighted by atomic mass is 35.5. The number of hydrogen-bond donors (Lipinski definition) is 3. The van der Waals surface area contributed by atoms with E-state index in [1.807, 2.05) is 58.2 Å². The van der Waals surface area contributed by atoms with E-state index in [-0.39, 0.29) is 24.2 Å². The van der Waals surface area contributed by atoms with Crippen molar-refractivity contribution in [3.8, 4) is 11.4 Å². The molecule has 0 fully saturated rings. The van der Waals surface area contributed by atoms with Gasteiger partial charge in [0.05, 0.1) is 22.7 Å². The summed E-state index contributed by atoms with van der Waals surface area (Å²) in [7, 11) is 3.46. The first kappa shape index (κ1) is 30.8. The first-order valence-corrected chi connectivity index (χ1v) is 12.9. The molecule has 0 aliphatic rings. The van der Waals surface area contributed by atoms with Crippen LogP contribution in [0.3, 0.4) is 0 Å². The molecule has 3 N–H and O–H groups in total. The molecule has 2 amide bonds. The number of halogens is 2. The van der Waals surface area contributed by atoms with Gasteiger partial charge < -0.3 is 20.7 Å². The van der Waals surface area contributed by atoms with Crippen LogP contribution in [-0.2, 0) is 22.7 Å². The molecule has 0 radical (unpaired) electrons. The molecule has 210 valence electrons. The lowest BCUT2D eigenvalue weighted by molar-refractivity contribution is -0.128. The molecule has 10 heteroatoms. The first-order chi connectivity index (χ1) is 18.6. The molecule has 8 nitrogen and oxygen atoms in total. The quantitative estimate of drug-likeness (QED) is 0.220. The van der Waals surface area contributed by atoms with E-state index in [0.717, 1.165) is 22.1 Å². The molecule has 1 aromatic heterocycles. The van der Waals surface area contributed by atoms with E-state index in [9.17, 15) is 9.59 Å². The minimum absolute atomic E-state index is 0. The van der Waals surface area contributed by atoms with Crippen LogP contribution >= 0.6 is 24.0 Å². The average Bonchev–Trinajstić information content (AvgIpc) is 2.91. The summed E-state index contributed by atoms with van der Waals surface area (Å²) < 4.78 is 5.25. The Morgan fingerprint density at radius 1 is 0.975 bits per heavy atom. The number of aromatic nitrogens is 2. The lowest BCUT2D eigenvalue weighted by atomic mass is 9.95. The van der Waals surface area contributed by atoms with Crippen molar-refractivity contribution in [1.82, 2.24) is 15.3 Å². The Bertz CT molecular complexity index is 1540. The fourth-order valence-corrected chi connectivity index (χ4v) is 4.20. The zero-order valence-electron chi connectivity index (χ0n) is 23.1. The van der Waals surface area contributed by atoms with E-state index < -0.39 is 5.41 Å². The maximum atomic E-state index is 13.2. The first-order valence-electron chi connectivity index (χ1n) is 12.5. The van der Waals surface area contributed by atoms with Crippen LogP contribution in [0.4, 0.5) is 11.5 Å². The summed E-state index contributed by atoms with van der Waals surface area (Å²) >= 11 is 6.37. The number of hydrogen-bond acceptors (Lipinski definition) is 6. The molecule has 1 heterocycles. The second-order valence-electron chi connectivity index (χ2n) is 10.2. The molecule has 0 saturated heterocycles. The lowest BCUT2D eigenvalue weighted by Gasteiger charge is -2.18. The maximum Gasteiger partial charge on any atom is 0.257 e. The number of rotatable bonds is 8. The van der Waals surface area contributed by atoms with Gasteiger partial charge in [-0.3, -0.25) is 9.59 Å². The summed E-state index contributed by atoms with van der Waals surface area (Å²) in [5, 5.41) is 10.1. The molecule has 3 aromatic carbocycles. The molecule has 0 unspecified atom stereocenters. The van der Waals surface area contributed by atoms with Gasteiger partial charge in [0.1, 0.15) is 5.82 Å². The summed E-state index contributed by atoms with van der Waals surface area (Å²) in [6, 6.07) is 18.5. The normalized spacial score (nSPS) is 11.1. The van der Waals surface area contributed by atoms with E-state index in [4.69, 9.17) is 26.3 Å². The van der Waals surface area contributed by atoms with Gasteiger partial charge in [-0.25, -0.2) is 9.97 Å². The molecular formula is C30H33Cl2N5O3. The highest BCUT2D eigenvalue weighted by molar-refractivity contribution is 6.34. The number of ether oxygens (including phenoxy) is 1. The lowest BCUT2D eigenvalue weighted by Crippen LogP contribution is -2.34. The van der Waals surface area contributed by atoms with Gasteiger partial charge in [-0.15, -0.1) is 12.4 Å². The number of benzene rings is 3. The Kier molecular flexibility index (Phi) is 10.1. The minimum Gasteiger partial charge on any atom is -0.380 e. The number of carbonyl (C=O) groups excluding carboxylic acids is 2. The summed E-state index contributed by atoms with van der Waals surface area (Å²) in [6.45, 7) is 6.32. The van der Waals surface area contributed by atoms with Crippen molar-refractivity contribution >= 4 is 58.2 Å². The van der Waals surface area contributed by atoms with E-state index in [1.165, 1.54) is 0 Å². The second kappa shape index (κ2) is 13.1. The van der Waals surface area contributed by atoms with Gasteiger partial charge in [0.15, 0.2) is 5.82 Å². The Balaban J connectivity index is 0.00000441. The molecule has 0 atom stereocenters. The van der Waals surface area contributed by atoms with E-state index in [0.29, 0.717) is 46.6 Å². The van der Waals surface area contributed by atoms with Crippen LogP contribution in [0.15, 0.2) is 60.7 Å². The molecule has 0 aliphatic heterocycles. The van der Waals surface area contributed by atoms with Crippen molar-refractivity contribution in [3.63, 3.8) is 0 Å². The number of fused-ring (bicyclic) bond motifs is 1. The number of carbonyl (C=O) groups is 2. The van der Waals surface area contributed by atoms with Gasteiger partial charge in [-0.2, -0.15) is 0 Å². The van der Waals surface area contributed by atoms with Crippen molar-refractivity contribution in [3.05, 3.63) is 82.4 Å². The van der Waals surface area contributed by atoms with Crippen LogP contribution in [-0.4, -0.2) is 35.9 Å². The van der Waals surface area contributed by atoms with E-state index in [1.54, 1.807) is 37.4 Å². The monoisotopic (exact) mass is 581 g/mol. The third-order valence-corrected chi connectivity index (χ3v) is 6.43. The Labute approximate surface area is 245 Å². The molecule has 4 rings (SSSR count). The zero-order chi connectivity index (χ0) is 28.2. The van der Waals surface area contributed by atoms with Crippen molar-refractivity contribution in [2.75, 3.05) is 24.8 Å². The number of methoxy groups -OCH3 is 1. The average molecular weight is 583 g/mol.